The highest BCUT2D eigenvalue weighted by molar-refractivity contribution is 6.19. The maximum atomic E-state index is 6.26. The number of fused-ring (bicyclic) bond motifs is 7. The number of nitrogens with zero attached hydrogens (tertiary/aromatic N) is 3. The minimum Gasteiger partial charge on any atom is -0.436 e. The third kappa shape index (κ3) is 6.04. The van der Waals surface area contributed by atoms with Gasteiger partial charge in [-0.05, 0) is 123 Å². The van der Waals surface area contributed by atoms with E-state index in [1.54, 1.807) is 0 Å². The lowest BCUT2D eigenvalue weighted by Crippen LogP contribution is -2.10. The van der Waals surface area contributed by atoms with E-state index in [2.05, 4.69) is 198 Å². The molecule has 12 aromatic rings. The molecular formula is C57H37N3O. The summed E-state index contributed by atoms with van der Waals surface area (Å²) in [5.74, 6) is 0.627. The van der Waals surface area contributed by atoms with E-state index in [0.29, 0.717) is 5.89 Å². The molecule has 0 aliphatic heterocycles. The maximum Gasteiger partial charge on any atom is 0.227 e. The number of oxazole rings is 1. The van der Waals surface area contributed by atoms with Crippen molar-refractivity contribution in [2.24, 2.45) is 0 Å². The zero-order valence-corrected chi connectivity index (χ0v) is 33.1. The topological polar surface area (TPSA) is 34.2 Å². The highest BCUT2D eigenvalue weighted by Gasteiger charge is 2.19. The average molecular weight is 780 g/mol. The summed E-state index contributed by atoms with van der Waals surface area (Å²) in [7, 11) is 0. The Morgan fingerprint density at radius 1 is 0.377 bits per heavy atom. The molecule has 0 N–H and O–H groups in total. The van der Waals surface area contributed by atoms with Gasteiger partial charge in [-0.3, -0.25) is 0 Å². The normalized spacial score (nSPS) is 11.6. The number of anilines is 3. The molecule has 0 bridgehead atoms. The standard InChI is InChI=1S/C57H37N3O/c1-3-13-40(14-4-1)57-58-53-33-27-44(37-55(53)61-57)39-24-28-47(29-25-39)59(48-19-11-16-42(35-48)43-23-22-38-12-7-8-15-41(38)34-43)49-30-32-50-45(36-49)26-31-52-51-20-9-10-21-54(51)60(56(50)52)46-17-5-2-6-18-46/h1-37H. The Kier molecular flexibility index (Phi) is 8.13. The number of para-hydroxylation sites is 2. The summed E-state index contributed by atoms with van der Waals surface area (Å²) in [4.78, 5) is 7.13. The zero-order valence-electron chi connectivity index (χ0n) is 33.1. The third-order valence-electron chi connectivity index (χ3n) is 12.0. The predicted molar refractivity (Wildman–Crippen MR) is 254 cm³/mol. The number of benzene rings is 10. The van der Waals surface area contributed by atoms with Crippen molar-refractivity contribution in [1.29, 1.82) is 0 Å². The van der Waals surface area contributed by atoms with Crippen molar-refractivity contribution in [2.45, 2.75) is 0 Å². The van der Waals surface area contributed by atoms with Crippen LogP contribution >= 0.6 is 0 Å². The van der Waals surface area contributed by atoms with Crippen LogP contribution in [0.3, 0.4) is 0 Å². The lowest BCUT2D eigenvalue weighted by molar-refractivity contribution is 0.620. The molecule has 2 heterocycles. The van der Waals surface area contributed by atoms with Gasteiger partial charge in [0.2, 0.25) is 5.89 Å². The van der Waals surface area contributed by atoms with Crippen molar-refractivity contribution in [3.8, 4) is 39.4 Å². The summed E-state index contributed by atoms with van der Waals surface area (Å²) >= 11 is 0. The molecular weight excluding hydrogens is 743 g/mol. The van der Waals surface area contributed by atoms with Crippen molar-refractivity contribution in [3.05, 3.63) is 224 Å². The molecule has 10 aromatic carbocycles. The van der Waals surface area contributed by atoms with Gasteiger partial charge in [0.1, 0.15) is 5.52 Å². The van der Waals surface area contributed by atoms with Crippen LogP contribution in [0.4, 0.5) is 17.1 Å². The van der Waals surface area contributed by atoms with E-state index >= 15 is 0 Å². The Balaban J connectivity index is 0.992. The molecule has 0 fully saturated rings. The van der Waals surface area contributed by atoms with Crippen LogP contribution in [0.2, 0.25) is 0 Å². The number of hydrogen-bond acceptors (Lipinski definition) is 3. The van der Waals surface area contributed by atoms with Gasteiger partial charge in [0.05, 0.1) is 11.0 Å². The largest absolute Gasteiger partial charge is 0.436 e. The van der Waals surface area contributed by atoms with Crippen LogP contribution < -0.4 is 4.90 Å². The minimum atomic E-state index is 0.627. The first-order valence-corrected chi connectivity index (χ1v) is 20.7. The predicted octanol–water partition coefficient (Wildman–Crippen LogP) is 15.7. The summed E-state index contributed by atoms with van der Waals surface area (Å²) in [5, 5.41) is 7.34. The summed E-state index contributed by atoms with van der Waals surface area (Å²) in [6.45, 7) is 0. The summed E-state index contributed by atoms with van der Waals surface area (Å²) in [6, 6.07) is 80.2. The first-order valence-electron chi connectivity index (χ1n) is 20.7. The van der Waals surface area contributed by atoms with Gasteiger partial charge in [0.15, 0.2) is 5.58 Å². The molecule has 0 aliphatic carbocycles. The number of hydrogen-bond donors (Lipinski definition) is 0. The fourth-order valence-corrected chi connectivity index (χ4v) is 9.01. The van der Waals surface area contributed by atoms with Crippen LogP contribution in [0.1, 0.15) is 0 Å². The van der Waals surface area contributed by atoms with Crippen LogP contribution in [0.25, 0.3) is 93.8 Å². The second-order valence-corrected chi connectivity index (χ2v) is 15.6. The molecule has 61 heavy (non-hydrogen) atoms. The van der Waals surface area contributed by atoms with Gasteiger partial charge in [0.25, 0.3) is 0 Å². The van der Waals surface area contributed by atoms with Crippen molar-refractivity contribution in [1.82, 2.24) is 9.55 Å². The Labute approximate surface area is 352 Å². The van der Waals surface area contributed by atoms with Crippen molar-refractivity contribution >= 4 is 71.5 Å². The molecule has 0 spiro atoms. The third-order valence-corrected chi connectivity index (χ3v) is 12.0. The molecule has 4 nitrogen and oxygen atoms in total. The van der Waals surface area contributed by atoms with E-state index in [4.69, 9.17) is 9.40 Å². The molecule has 0 saturated heterocycles. The Morgan fingerprint density at radius 3 is 1.89 bits per heavy atom. The summed E-state index contributed by atoms with van der Waals surface area (Å²) < 4.78 is 8.67. The zero-order chi connectivity index (χ0) is 40.3. The fourth-order valence-electron chi connectivity index (χ4n) is 9.01. The first-order chi connectivity index (χ1) is 30.2. The van der Waals surface area contributed by atoms with Gasteiger partial charge in [0, 0.05) is 44.5 Å². The Bertz CT molecular complexity index is 3590. The maximum absolute atomic E-state index is 6.26. The van der Waals surface area contributed by atoms with Crippen molar-refractivity contribution < 1.29 is 4.42 Å². The minimum absolute atomic E-state index is 0.627. The highest BCUT2D eigenvalue weighted by Crippen LogP contribution is 2.42. The Hall–Kier alpha value is -8.21. The molecule has 0 saturated carbocycles. The van der Waals surface area contributed by atoms with E-state index in [1.165, 1.54) is 48.9 Å². The van der Waals surface area contributed by atoms with Crippen molar-refractivity contribution in [2.75, 3.05) is 4.90 Å². The van der Waals surface area contributed by atoms with Gasteiger partial charge in [-0.15, -0.1) is 0 Å². The van der Waals surface area contributed by atoms with Crippen LogP contribution in [-0.4, -0.2) is 9.55 Å². The van der Waals surface area contributed by atoms with Gasteiger partial charge in [-0.2, -0.15) is 0 Å². The van der Waals surface area contributed by atoms with Crippen LogP contribution in [-0.2, 0) is 0 Å². The lowest BCUT2D eigenvalue weighted by atomic mass is 10.00. The van der Waals surface area contributed by atoms with Gasteiger partial charge >= 0.3 is 0 Å². The summed E-state index contributed by atoms with van der Waals surface area (Å²) in [5.41, 5.74) is 13.9. The first kappa shape index (κ1) is 34.8. The van der Waals surface area contributed by atoms with Gasteiger partial charge < -0.3 is 13.9 Å². The SMILES string of the molecule is c1ccc(-c2nc3ccc(-c4ccc(N(c5cccc(-c6ccc7ccccc7c6)c5)c5ccc6c(ccc7c8ccccc8n(-c8ccccc8)c67)c5)cc4)cc3o2)cc1. The summed E-state index contributed by atoms with van der Waals surface area (Å²) in [6.07, 6.45) is 0. The van der Waals surface area contributed by atoms with Crippen LogP contribution in [0, 0.1) is 0 Å². The monoisotopic (exact) mass is 779 g/mol. The molecule has 4 heteroatoms. The number of aromatic nitrogens is 2. The van der Waals surface area contributed by atoms with E-state index in [9.17, 15) is 0 Å². The van der Waals surface area contributed by atoms with E-state index in [1.807, 2.05) is 36.4 Å². The molecule has 12 rings (SSSR count). The molecule has 0 unspecified atom stereocenters. The molecule has 0 atom stereocenters. The lowest BCUT2D eigenvalue weighted by Gasteiger charge is -2.27. The molecule has 0 aliphatic rings. The second kappa shape index (κ2) is 14.3. The molecule has 0 radical (unpaired) electrons. The van der Waals surface area contributed by atoms with Gasteiger partial charge in [-0.1, -0.05) is 140 Å². The van der Waals surface area contributed by atoms with Crippen LogP contribution in [0.5, 0.6) is 0 Å². The number of rotatable bonds is 7. The van der Waals surface area contributed by atoms with Crippen LogP contribution in [0.15, 0.2) is 229 Å². The molecule has 286 valence electrons. The smallest absolute Gasteiger partial charge is 0.227 e. The van der Waals surface area contributed by atoms with Crippen molar-refractivity contribution in [3.63, 3.8) is 0 Å². The fraction of sp³-hybridized carbons (Fsp3) is 0. The van der Waals surface area contributed by atoms with E-state index in [-0.39, 0.29) is 0 Å². The van der Waals surface area contributed by atoms with E-state index in [0.717, 1.165) is 56.1 Å². The van der Waals surface area contributed by atoms with Gasteiger partial charge in [-0.25, -0.2) is 4.98 Å². The second-order valence-electron chi connectivity index (χ2n) is 15.6. The van der Waals surface area contributed by atoms with E-state index < -0.39 is 0 Å². The quantitative estimate of drug-likeness (QED) is 0.162. The molecule has 0 amide bonds. The average Bonchev–Trinajstić information content (AvgIpc) is 3.92. The highest BCUT2D eigenvalue weighted by atomic mass is 16.3. The Morgan fingerprint density at radius 2 is 1.02 bits per heavy atom. The molecule has 2 aromatic heterocycles.